The van der Waals surface area contributed by atoms with E-state index < -0.39 is 0 Å². The van der Waals surface area contributed by atoms with Gasteiger partial charge < -0.3 is 10.2 Å². The molecule has 1 aromatic carbocycles. The normalized spacial score (nSPS) is 16.2. The summed E-state index contributed by atoms with van der Waals surface area (Å²) in [6, 6.07) is 9.49. The monoisotopic (exact) mass is 247 g/mol. The number of carbonyl (C=O) groups excluding carboxylic acids is 2. The van der Waals surface area contributed by atoms with Crippen molar-refractivity contribution >= 4 is 17.5 Å². The molecular weight excluding hydrogens is 230 g/mol. The van der Waals surface area contributed by atoms with E-state index in [1.54, 1.807) is 11.9 Å². The van der Waals surface area contributed by atoms with Crippen molar-refractivity contribution in [1.29, 1.82) is 0 Å². The van der Waals surface area contributed by atoms with Gasteiger partial charge in [-0.15, -0.1) is 0 Å². The molecule has 0 atom stereocenters. The van der Waals surface area contributed by atoms with E-state index in [0.717, 1.165) is 12.2 Å². The van der Waals surface area contributed by atoms with E-state index in [4.69, 9.17) is 0 Å². The van der Waals surface area contributed by atoms with Crippen LogP contribution >= 0.6 is 0 Å². The number of para-hydroxylation sites is 1. The highest BCUT2D eigenvalue weighted by atomic mass is 16.2. The van der Waals surface area contributed by atoms with Crippen LogP contribution in [0.2, 0.25) is 0 Å². The Kier molecular flexibility index (Phi) is 3.94. The molecule has 1 aliphatic heterocycles. The van der Waals surface area contributed by atoms with Gasteiger partial charge in [0.2, 0.25) is 11.8 Å². The molecule has 18 heavy (non-hydrogen) atoms. The van der Waals surface area contributed by atoms with Gasteiger partial charge in [0.05, 0.1) is 13.1 Å². The number of rotatable bonds is 3. The molecule has 1 heterocycles. The lowest BCUT2D eigenvalue weighted by atomic mass is 10.3. The van der Waals surface area contributed by atoms with E-state index in [1.165, 1.54) is 0 Å². The van der Waals surface area contributed by atoms with Gasteiger partial charge >= 0.3 is 0 Å². The van der Waals surface area contributed by atoms with Crippen LogP contribution in [0.1, 0.15) is 0 Å². The highest BCUT2D eigenvalue weighted by Crippen LogP contribution is 2.11. The maximum Gasteiger partial charge on any atom is 0.240 e. The van der Waals surface area contributed by atoms with Crippen LogP contribution in [-0.4, -0.2) is 49.9 Å². The van der Waals surface area contributed by atoms with Gasteiger partial charge in [-0.25, -0.2) is 0 Å². The van der Waals surface area contributed by atoms with E-state index in [-0.39, 0.29) is 18.4 Å². The number of nitrogens with one attached hydrogen (secondary N) is 1. The maximum atomic E-state index is 12.1. The zero-order chi connectivity index (χ0) is 13.0. The Labute approximate surface area is 106 Å². The number of anilines is 1. The van der Waals surface area contributed by atoms with Gasteiger partial charge in [-0.2, -0.15) is 0 Å². The van der Waals surface area contributed by atoms with Crippen LogP contribution in [0.4, 0.5) is 5.69 Å². The summed E-state index contributed by atoms with van der Waals surface area (Å²) in [6.45, 7) is 1.91. The number of hydrogen-bond donors (Lipinski definition) is 1. The van der Waals surface area contributed by atoms with Crippen LogP contribution in [0.15, 0.2) is 30.3 Å². The summed E-state index contributed by atoms with van der Waals surface area (Å²) in [7, 11) is 1.75. The number of hydrogen-bond acceptors (Lipinski definition) is 3. The second-order valence-corrected chi connectivity index (χ2v) is 4.35. The van der Waals surface area contributed by atoms with Gasteiger partial charge in [-0.05, 0) is 12.1 Å². The quantitative estimate of drug-likeness (QED) is 0.823. The molecular formula is C13H17N3O2. The van der Waals surface area contributed by atoms with Crippen molar-refractivity contribution in [2.75, 3.05) is 38.1 Å². The zero-order valence-electron chi connectivity index (χ0n) is 10.4. The van der Waals surface area contributed by atoms with Crippen LogP contribution in [0, 0.1) is 0 Å². The van der Waals surface area contributed by atoms with Gasteiger partial charge in [0, 0.05) is 25.8 Å². The lowest BCUT2D eigenvalue weighted by Gasteiger charge is -2.27. The molecule has 5 heteroatoms. The van der Waals surface area contributed by atoms with E-state index >= 15 is 0 Å². The minimum absolute atomic E-state index is 0.00380. The molecule has 2 rings (SSSR count). The van der Waals surface area contributed by atoms with Gasteiger partial charge in [0.1, 0.15) is 0 Å². The van der Waals surface area contributed by atoms with Crippen molar-refractivity contribution in [2.24, 2.45) is 0 Å². The summed E-state index contributed by atoms with van der Waals surface area (Å²) in [5.41, 5.74) is 0.865. The highest BCUT2D eigenvalue weighted by Gasteiger charge is 2.20. The predicted molar refractivity (Wildman–Crippen MR) is 69.3 cm³/mol. The Hall–Kier alpha value is -1.88. The number of likely N-dealkylation sites (N-methyl/N-ethyl adjacent to an activating group) is 1. The summed E-state index contributed by atoms with van der Waals surface area (Å²) < 4.78 is 0. The van der Waals surface area contributed by atoms with E-state index in [1.807, 2.05) is 35.2 Å². The first-order valence-electron chi connectivity index (χ1n) is 5.97. The standard InChI is InChI=1S/C13H17N3O2/c1-15(11-5-3-2-4-6-11)13(18)10-16-8-7-14-12(17)9-16/h2-6H,7-10H2,1H3,(H,14,17). The van der Waals surface area contributed by atoms with Crippen LogP contribution in [0.25, 0.3) is 0 Å². The molecule has 0 aliphatic carbocycles. The molecule has 0 unspecified atom stereocenters. The third-order valence-electron chi connectivity index (χ3n) is 2.99. The molecule has 0 bridgehead atoms. The first-order valence-corrected chi connectivity index (χ1v) is 5.97. The smallest absolute Gasteiger partial charge is 0.240 e. The fraction of sp³-hybridized carbons (Fsp3) is 0.385. The molecule has 0 spiro atoms. The SMILES string of the molecule is CN(C(=O)CN1CCNC(=O)C1)c1ccccc1. The van der Waals surface area contributed by atoms with Crippen molar-refractivity contribution in [1.82, 2.24) is 10.2 Å². The minimum atomic E-state index is -0.0172. The van der Waals surface area contributed by atoms with Crippen LogP contribution in [0.5, 0.6) is 0 Å². The average molecular weight is 247 g/mol. The number of carbonyl (C=O) groups is 2. The van der Waals surface area contributed by atoms with Gasteiger partial charge in [-0.1, -0.05) is 18.2 Å². The molecule has 1 fully saturated rings. The largest absolute Gasteiger partial charge is 0.354 e. The highest BCUT2D eigenvalue weighted by molar-refractivity contribution is 5.94. The van der Waals surface area contributed by atoms with Crippen LogP contribution in [0.3, 0.4) is 0 Å². The van der Waals surface area contributed by atoms with Crippen molar-refractivity contribution < 1.29 is 9.59 Å². The van der Waals surface area contributed by atoms with Crippen molar-refractivity contribution in [2.45, 2.75) is 0 Å². The molecule has 1 aliphatic rings. The average Bonchev–Trinajstić information content (AvgIpc) is 2.39. The molecule has 5 nitrogen and oxygen atoms in total. The van der Waals surface area contributed by atoms with Crippen molar-refractivity contribution in [3.05, 3.63) is 30.3 Å². The van der Waals surface area contributed by atoms with E-state index in [2.05, 4.69) is 5.32 Å². The first-order chi connectivity index (χ1) is 8.66. The Morgan fingerprint density at radius 1 is 1.39 bits per heavy atom. The summed E-state index contributed by atoms with van der Waals surface area (Å²) in [5.74, 6) is -0.0210. The molecule has 1 N–H and O–H groups in total. The molecule has 1 saturated heterocycles. The van der Waals surface area contributed by atoms with E-state index in [9.17, 15) is 9.59 Å². The summed E-state index contributed by atoms with van der Waals surface area (Å²) >= 11 is 0. The molecule has 0 radical (unpaired) electrons. The number of benzene rings is 1. The molecule has 1 aromatic rings. The van der Waals surface area contributed by atoms with Gasteiger partial charge in [-0.3, -0.25) is 14.5 Å². The van der Waals surface area contributed by atoms with Gasteiger partial charge in [0.25, 0.3) is 0 Å². The summed E-state index contributed by atoms with van der Waals surface area (Å²) in [4.78, 5) is 26.8. The fourth-order valence-electron chi connectivity index (χ4n) is 1.92. The van der Waals surface area contributed by atoms with Gasteiger partial charge in [0.15, 0.2) is 0 Å². The Morgan fingerprint density at radius 2 is 2.11 bits per heavy atom. The zero-order valence-corrected chi connectivity index (χ0v) is 10.4. The number of piperazine rings is 1. The Morgan fingerprint density at radius 3 is 2.78 bits per heavy atom. The first kappa shape index (κ1) is 12.6. The number of amides is 2. The molecule has 2 amide bonds. The van der Waals surface area contributed by atoms with E-state index in [0.29, 0.717) is 13.1 Å². The maximum absolute atomic E-state index is 12.1. The van der Waals surface area contributed by atoms with Crippen molar-refractivity contribution in [3.8, 4) is 0 Å². The Bertz CT molecular complexity index is 433. The lowest BCUT2D eigenvalue weighted by Crippen LogP contribution is -2.50. The second kappa shape index (κ2) is 5.64. The fourth-order valence-corrected chi connectivity index (χ4v) is 1.92. The van der Waals surface area contributed by atoms with Crippen LogP contribution in [-0.2, 0) is 9.59 Å². The third-order valence-corrected chi connectivity index (χ3v) is 2.99. The second-order valence-electron chi connectivity index (χ2n) is 4.35. The number of nitrogens with zero attached hydrogens (tertiary/aromatic N) is 2. The van der Waals surface area contributed by atoms with Crippen LogP contribution < -0.4 is 10.2 Å². The van der Waals surface area contributed by atoms with Crippen molar-refractivity contribution in [3.63, 3.8) is 0 Å². The summed E-state index contributed by atoms with van der Waals surface area (Å²) in [5, 5.41) is 2.74. The summed E-state index contributed by atoms with van der Waals surface area (Å²) in [6.07, 6.45) is 0. The Balaban J connectivity index is 1.93. The third kappa shape index (κ3) is 3.07. The molecule has 0 aromatic heterocycles. The molecule has 96 valence electrons. The predicted octanol–water partition coefficient (Wildman–Crippen LogP) is 0.0812. The topological polar surface area (TPSA) is 52.7 Å². The lowest BCUT2D eigenvalue weighted by molar-refractivity contribution is -0.125. The minimum Gasteiger partial charge on any atom is -0.354 e. The molecule has 0 saturated carbocycles.